The predicted molar refractivity (Wildman–Crippen MR) is 115 cm³/mol. The van der Waals surface area contributed by atoms with Crippen LogP contribution in [0.25, 0.3) is 0 Å². The summed E-state index contributed by atoms with van der Waals surface area (Å²) >= 11 is 3.44. The standard InChI is InChI=1S/C22H26BrN3O2/c1-25-8-7-17-13-16(5-6-20(17)25)21(26-9-11-28-12-10-26)15-24-22(27)18-3-2-4-19(23)14-18/h2-6,13-14,21H,7-12,15H2,1H3,(H,24,27)/t21-/m0/s1. The Bertz CT molecular complexity index is 851. The molecule has 2 aromatic rings. The number of benzene rings is 2. The fourth-order valence-electron chi connectivity index (χ4n) is 4.06. The van der Waals surface area contributed by atoms with Crippen LogP contribution in [0.5, 0.6) is 0 Å². The van der Waals surface area contributed by atoms with Crippen molar-refractivity contribution in [3.05, 3.63) is 63.6 Å². The number of hydrogen-bond acceptors (Lipinski definition) is 4. The summed E-state index contributed by atoms with van der Waals surface area (Å²) < 4.78 is 6.45. The van der Waals surface area contributed by atoms with E-state index in [9.17, 15) is 4.79 Å². The maximum absolute atomic E-state index is 12.7. The van der Waals surface area contributed by atoms with Crippen LogP contribution in [0.1, 0.15) is 27.5 Å². The predicted octanol–water partition coefficient (Wildman–Crippen LogP) is 3.24. The number of ether oxygens (including phenoxy) is 1. The minimum atomic E-state index is -0.0412. The minimum Gasteiger partial charge on any atom is -0.379 e. The first-order valence-corrected chi connectivity index (χ1v) is 10.6. The molecule has 1 amide bonds. The number of nitrogens with zero attached hydrogens (tertiary/aromatic N) is 2. The van der Waals surface area contributed by atoms with Crippen LogP contribution in [-0.4, -0.2) is 57.2 Å². The number of morpholine rings is 1. The van der Waals surface area contributed by atoms with Crippen LogP contribution in [-0.2, 0) is 11.2 Å². The van der Waals surface area contributed by atoms with E-state index in [-0.39, 0.29) is 11.9 Å². The number of halogens is 1. The molecule has 0 aromatic heterocycles. The molecule has 0 bridgehead atoms. The van der Waals surface area contributed by atoms with Gasteiger partial charge in [0.05, 0.1) is 19.3 Å². The molecule has 1 fully saturated rings. The van der Waals surface area contributed by atoms with Crippen LogP contribution < -0.4 is 10.2 Å². The van der Waals surface area contributed by atoms with Crippen molar-refractivity contribution in [3.8, 4) is 0 Å². The zero-order valence-corrected chi connectivity index (χ0v) is 17.7. The molecule has 1 atom stereocenters. The molecule has 148 valence electrons. The fourth-order valence-corrected chi connectivity index (χ4v) is 4.46. The molecule has 0 radical (unpaired) electrons. The summed E-state index contributed by atoms with van der Waals surface area (Å²) in [5.41, 5.74) is 4.66. The van der Waals surface area contributed by atoms with Crippen molar-refractivity contribution in [2.75, 3.05) is 51.3 Å². The van der Waals surface area contributed by atoms with Gasteiger partial charge in [-0.25, -0.2) is 0 Å². The number of hydrogen-bond donors (Lipinski definition) is 1. The molecule has 1 saturated heterocycles. The molecule has 2 aromatic carbocycles. The average Bonchev–Trinajstić information content (AvgIpc) is 3.09. The van der Waals surface area contributed by atoms with Gasteiger partial charge in [0.2, 0.25) is 0 Å². The van der Waals surface area contributed by atoms with Gasteiger partial charge in [-0.2, -0.15) is 0 Å². The van der Waals surface area contributed by atoms with Gasteiger partial charge in [0.1, 0.15) is 0 Å². The summed E-state index contributed by atoms with van der Waals surface area (Å²) in [4.78, 5) is 17.4. The summed E-state index contributed by atoms with van der Waals surface area (Å²) in [6.45, 7) is 4.90. The van der Waals surface area contributed by atoms with E-state index in [0.717, 1.165) is 43.7 Å². The van der Waals surface area contributed by atoms with E-state index in [2.05, 4.69) is 56.3 Å². The Morgan fingerprint density at radius 3 is 2.79 bits per heavy atom. The van der Waals surface area contributed by atoms with Gasteiger partial charge in [-0.1, -0.05) is 34.1 Å². The first kappa shape index (κ1) is 19.4. The van der Waals surface area contributed by atoms with Crippen LogP contribution in [0.3, 0.4) is 0 Å². The number of amides is 1. The second kappa shape index (κ2) is 8.64. The molecule has 1 N–H and O–H groups in total. The van der Waals surface area contributed by atoms with E-state index in [1.54, 1.807) is 0 Å². The Morgan fingerprint density at radius 1 is 1.18 bits per heavy atom. The van der Waals surface area contributed by atoms with Crippen LogP contribution >= 0.6 is 15.9 Å². The highest BCUT2D eigenvalue weighted by Gasteiger charge is 2.25. The van der Waals surface area contributed by atoms with E-state index in [1.165, 1.54) is 16.8 Å². The molecule has 0 saturated carbocycles. The Labute approximate surface area is 174 Å². The Morgan fingerprint density at radius 2 is 2.00 bits per heavy atom. The Balaban J connectivity index is 1.53. The molecule has 2 aliphatic rings. The lowest BCUT2D eigenvalue weighted by Crippen LogP contribution is -2.43. The van der Waals surface area contributed by atoms with Gasteiger partial charge in [0, 0.05) is 49.0 Å². The van der Waals surface area contributed by atoms with E-state index >= 15 is 0 Å². The quantitative estimate of drug-likeness (QED) is 0.769. The van der Waals surface area contributed by atoms with E-state index in [1.807, 2.05) is 24.3 Å². The first-order chi connectivity index (χ1) is 13.6. The number of likely N-dealkylation sites (N-methyl/N-ethyl adjacent to an activating group) is 1. The van der Waals surface area contributed by atoms with Gasteiger partial charge in [0.15, 0.2) is 0 Å². The number of anilines is 1. The third-order valence-corrected chi connectivity index (χ3v) is 6.14. The largest absolute Gasteiger partial charge is 0.379 e. The SMILES string of the molecule is CN1CCc2cc([C@H](CNC(=O)c3cccc(Br)c3)N3CCOCC3)ccc21. The number of carbonyl (C=O) groups excluding carboxylic acids is 1. The maximum atomic E-state index is 12.7. The molecule has 0 aliphatic carbocycles. The van der Waals surface area contributed by atoms with Gasteiger partial charge in [-0.05, 0) is 41.8 Å². The van der Waals surface area contributed by atoms with Crippen LogP contribution in [0.15, 0.2) is 46.9 Å². The molecule has 28 heavy (non-hydrogen) atoms. The second-order valence-corrected chi connectivity index (χ2v) is 8.36. The Kier molecular flexibility index (Phi) is 5.99. The summed E-state index contributed by atoms with van der Waals surface area (Å²) in [6.07, 6.45) is 1.08. The molecule has 0 unspecified atom stereocenters. The molecular formula is C22H26BrN3O2. The number of nitrogens with one attached hydrogen (secondary N) is 1. The zero-order chi connectivity index (χ0) is 19.5. The van der Waals surface area contributed by atoms with Crippen LogP contribution in [0, 0.1) is 0 Å². The maximum Gasteiger partial charge on any atom is 0.251 e. The minimum absolute atomic E-state index is 0.0412. The van der Waals surface area contributed by atoms with Crippen molar-refractivity contribution in [1.82, 2.24) is 10.2 Å². The van der Waals surface area contributed by atoms with Crippen LogP contribution in [0.2, 0.25) is 0 Å². The monoisotopic (exact) mass is 443 g/mol. The number of rotatable bonds is 5. The first-order valence-electron chi connectivity index (χ1n) is 9.81. The molecule has 6 heteroatoms. The highest BCUT2D eigenvalue weighted by molar-refractivity contribution is 9.10. The van der Waals surface area contributed by atoms with Crippen molar-refractivity contribution in [3.63, 3.8) is 0 Å². The molecular weight excluding hydrogens is 418 g/mol. The van der Waals surface area contributed by atoms with Crippen molar-refractivity contribution in [2.24, 2.45) is 0 Å². The smallest absolute Gasteiger partial charge is 0.251 e. The van der Waals surface area contributed by atoms with Gasteiger partial charge in [0.25, 0.3) is 5.91 Å². The lowest BCUT2D eigenvalue weighted by molar-refractivity contribution is 0.0162. The fraction of sp³-hybridized carbons (Fsp3) is 0.409. The van der Waals surface area contributed by atoms with E-state index in [0.29, 0.717) is 12.1 Å². The highest BCUT2D eigenvalue weighted by Crippen LogP contribution is 2.31. The number of fused-ring (bicyclic) bond motifs is 1. The Hall–Kier alpha value is -1.89. The van der Waals surface area contributed by atoms with Crippen molar-refractivity contribution in [2.45, 2.75) is 12.5 Å². The van der Waals surface area contributed by atoms with Gasteiger partial charge < -0.3 is 15.0 Å². The average molecular weight is 444 g/mol. The zero-order valence-electron chi connectivity index (χ0n) is 16.2. The topological polar surface area (TPSA) is 44.8 Å². The third kappa shape index (κ3) is 4.24. The normalized spacial score (nSPS) is 18.0. The van der Waals surface area contributed by atoms with Crippen LogP contribution in [0.4, 0.5) is 5.69 Å². The van der Waals surface area contributed by atoms with E-state index < -0.39 is 0 Å². The summed E-state index contributed by atoms with van der Waals surface area (Å²) in [7, 11) is 2.14. The third-order valence-electron chi connectivity index (χ3n) is 5.65. The van der Waals surface area contributed by atoms with Gasteiger partial charge in [-0.3, -0.25) is 9.69 Å². The second-order valence-electron chi connectivity index (χ2n) is 7.44. The van der Waals surface area contributed by atoms with E-state index in [4.69, 9.17) is 4.74 Å². The molecule has 2 aliphatic heterocycles. The van der Waals surface area contributed by atoms with Crippen molar-refractivity contribution in [1.29, 1.82) is 0 Å². The summed E-state index contributed by atoms with van der Waals surface area (Å²) in [6, 6.07) is 14.4. The summed E-state index contributed by atoms with van der Waals surface area (Å²) in [5, 5.41) is 3.15. The van der Waals surface area contributed by atoms with Gasteiger partial charge >= 0.3 is 0 Å². The molecule has 4 rings (SSSR count). The molecule has 2 heterocycles. The molecule has 5 nitrogen and oxygen atoms in total. The lowest BCUT2D eigenvalue weighted by atomic mass is 10.00. The van der Waals surface area contributed by atoms with Gasteiger partial charge in [-0.15, -0.1) is 0 Å². The van der Waals surface area contributed by atoms with Crippen molar-refractivity contribution >= 4 is 27.5 Å². The van der Waals surface area contributed by atoms with Crippen molar-refractivity contribution < 1.29 is 9.53 Å². The highest BCUT2D eigenvalue weighted by atomic mass is 79.9. The summed E-state index contributed by atoms with van der Waals surface area (Å²) in [5.74, 6) is -0.0412. The number of carbonyl (C=O) groups is 1. The molecule has 0 spiro atoms. The lowest BCUT2D eigenvalue weighted by Gasteiger charge is -2.35.